The fourth-order valence-corrected chi connectivity index (χ4v) is 4.20. The highest BCUT2D eigenvalue weighted by atomic mass is 32.1. The lowest BCUT2D eigenvalue weighted by molar-refractivity contribution is -0.105. The summed E-state index contributed by atoms with van der Waals surface area (Å²) < 4.78 is 27.6. The first-order valence-corrected chi connectivity index (χ1v) is 10.1. The summed E-state index contributed by atoms with van der Waals surface area (Å²) in [4.78, 5) is 28.3. The number of nitrogens with one attached hydrogen (secondary N) is 2. The molecule has 4 rings (SSSR count). The molecule has 2 aromatic carbocycles. The van der Waals surface area contributed by atoms with E-state index < -0.39 is 23.1 Å². The van der Waals surface area contributed by atoms with Gasteiger partial charge in [0.1, 0.15) is 28.5 Å². The lowest BCUT2D eigenvalue weighted by Crippen LogP contribution is -2.29. The Hall–Kier alpha value is -3.23. The highest BCUT2D eigenvalue weighted by Gasteiger charge is 2.27. The number of amides is 1. The number of rotatable bonds is 5. The van der Waals surface area contributed by atoms with Gasteiger partial charge in [-0.3, -0.25) is 9.59 Å². The summed E-state index contributed by atoms with van der Waals surface area (Å²) in [6, 6.07) is 9.86. The normalized spacial score (nSPS) is 16.4. The van der Waals surface area contributed by atoms with E-state index in [9.17, 15) is 18.4 Å². The molecule has 1 aromatic heterocycles. The van der Waals surface area contributed by atoms with E-state index in [0.29, 0.717) is 24.2 Å². The Morgan fingerprint density at radius 1 is 1.17 bits per heavy atom. The molecule has 0 bridgehead atoms. The Morgan fingerprint density at radius 3 is 2.53 bits per heavy atom. The average Bonchev–Trinajstić information content (AvgIpc) is 3.28. The maximum atomic E-state index is 13.8. The summed E-state index contributed by atoms with van der Waals surface area (Å²) in [7, 11) is 0. The molecule has 0 spiro atoms. The van der Waals surface area contributed by atoms with E-state index in [-0.39, 0.29) is 6.04 Å². The van der Waals surface area contributed by atoms with E-state index >= 15 is 0 Å². The molecule has 0 radical (unpaired) electrons. The van der Waals surface area contributed by atoms with Crippen molar-refractivity contribution >= 4 is 34.8 Å². The Bertz CT molecular complexity index is 1090. The average molecular weight is 425 g/mol. The second kappa shape index (κ2) is 8.64. The zero-order valence-electron chi connectivity index (χ0n) is 15.7. The number of benzene rings is 2. The molecule has 0 saturated carbocycles. The number of anilines is 1. The third-order valence-electron chi connectivity index (χ3n) is 4.86. The number of nitrogens with zero attached hydrogens (tertiary/aromatic N) is 1. The zero-order valence-corrected chi connectivity index (χ0v) is 16.5. The van der Waals surface area contributed by atoms with Crippen molar-refractivity contribution in [1.82, 2.24) is 10.3 Å². The highest BCUT2D eigenvalue weighted by Crippen LogP contribution is 2.37. The van der Waals surface area contributed by atoms with Gasteiger partial charge in [0.2, 0.25) is 0 Å². The summed E-state index contributed by atoms with van der Waals surface area (Å²) in [6.07, 6.45) is 3.19. The number of carbonyl (C=O) groups is 2. The van der Waals surface area contributed by atoms with E-state index in [4.69, 9.17) is 0 Å². The molecule has 0 fully saturated rings. The molecule has 30 heavy (non-hydrogen) atoms. The fourth-order valence-electron chi connectivity index (χ4n) is 3.48. The van der Waals surface area contributed by atoms with Crippen LogP contribution in [-0.2, 0) is 4.79 Å². The number of carbonyl (C=O) groups excluding carboxylic acids is 2. The number of halogens is 2. The molecule has 1 amide bonds. The molecule has 8 heteroatoms. The smallest absolute Gasteiger partial charge is 0.261 e. The quantitative estimate of drug-likeness (QED) is 0.596. The largest absolute Gasteiger partial charge is 0.322 e. The first-order valence-electron chi connectivity index (χ1n) is 9.25. The molecule has 5 nitrogen and oxygen atoms in total. The van der Waals surface area contributed by atoms with E-state index in [1.54, 1.807) is 30.5 Å². The molecule has 1 atom stereocenters. The molecule has 1 aliphatic heterocycles. The van der Waals surface area contributed by atoms with E-state index in [0.717, 1.165) is 34.6 Å². The Labute approximate surface area is 175 Å². The van der Waals surface area contributed by atoms with Crippen molar-refractivity contribution in [3.63, 3.8) is 0 Å². The summed E-state index contributed by atoms with van der Waals surface area (Å²) >= 11 is 1.50. The summed E-state index contributed by atoms with van der Waals surface area (Å²) in [5.41, 5.74) is 2.09. The van der Waals surface area contributed by atoms with Crippen LogP contribution in [0.4, 0.5) is 14.5 Å². The predicted molar refractivity (Wildman–Crippen MR) is 111 cm³/mol. The topological polar surface area (TPSA) is 71.1 Å². The minimum atomic E-state index is -0.926. The molecule has 3 aromatic rings. The first kappa shape index (κ1) is 20.1. The van der Waals surface area contributed by atoms with Crippen LogP contribution in [0.25, 0.3) is 5.57 Å². The van der Waals surface area contributed by atoms with Gasteiger partial charge in [0, 0.05) is 23.8 Å². The molecule has 1 unspecified atom stereocenters. The monoisotopic (exact) mass is 425 g/mol. The van der Waals surface area contributed by atoms with Gasteiger partial charge >= 0.3 is 0 Å². The second-order valence-electron chi connectivity index (χ2n) is 6.69. The molecule has 152 valence electrons. The van der Waals surface area contributed by atoms with Gasteiger partial charge in [-0.05, 0) is 47.4 Å². The Balaban J connectivity index is 1.61. The number of hydrogen-bond donors (Lipinski definition) is 2. The second-order valence-corrected chi connectivity index (χ2v) is 7.62. The van der Waals surface area contributed by atoms with Gasteiger partial charge in [0.05, 0.1) is 6.04 Å². The van der Waals surface area contributed by atoms with Crippen LogP contribution in [0, 0.1) is 11.6 Å². The standard InChI is InChI=1S/C22H17F2N3O2S/c23-16-2-1-3-17(24)19(16)21(29)27-15-6-4-13(5-7-15)18-14(12-28)8-9-25-20(18)22-26-10-11-30-22/h1-7,10-12,20,25H,8-9H2,(H,27,29). The molecule has 0 saturated heterocycles. The van der Waals surface area contributed by atoms with Crippen LogP contribution in [-0.4, -0.2) is 23.7 Å². The van der Waals surface area contributed by atoms with Crippen molar-refractivity contribution in [2.24, 2.45) is 0 Å². The highest BCUT2D eigenvalue weighted by molar-refractivity contribution is 7.09. The fraction of sp³-hybridized carbons (Fsp3) is 0.136. The summed E-state index contributed by atoms with van der Waals surface area (Å²) in [5.74, 6) is -2.72. The van der Waals surface area contributed by atoms with Crippen LogP contribution >= 0.6 is 11.3 Å². The van der Waals surface area contributed by atoms with Gasteiger partial charge < -0.3 is 10.6 Å². The van der Waals surface area contributed by atoms with Crippen molar-refractivity contribution in [2.75, 3.05) is 11.9 Å². The van der Waals surface area contributed by atoms with Crippen molar-refractivity contribution < 1.29 is 18.4 Å². The van der Waals surface area contributed by atoms with Crippen LogP contribution in [0.1, 0.15) is 33.4 Å². The molecular formula is C22H17F2N3O2S. The first-order chi connectivity index (χ1) is 14.6. The summed E-state index contributed by atoms with van der Waals surface area (Å²) in [6.45, 7) is 0.671. The van der Waals surface area contributed by atoms with E-state index in [2.05, 4.69) is 15.6 Å². The van der Waals surface area contributed by atoms with Gasteiger partial charge in [-0.1, -0.05) is 18.2 Å². The molecule has 2 heterocycles. The molecular weight excluding hydrogens is 408 g/mol. The number of aldehydes is 1. The van der Waals surface area contributed by atoms with Crippen LogP contribution in [0.2, 0.25) is 0 Å². The van der Waals surface area contributed by atoms with Crippen LogP contribution in [0.3, 0.4) is 0 Å². The Morgan fingerprint density at radius 2 is 1.90 bits per heavy atom. The zero-order chi connectivity index (χ0) is 21.1. The van der Waals surface area contributed by atoms with Crippen LogP contribution < -0.4 is 10.6 Å². The van der Waals surface area contributed by atoms with Crippen molar-refractivity contribution in [3.05, 3.63) is 87.4 Å². The van der Waals surface area contributed by atoms with E-state index in [1.165, 1.54) is 17.4 Å². The molecule has 1 aliphatic rings. The number of hydrogen-bond acceptors (Lipinski definition) is 5. The minimum Gasteiger partial charge on any atom is -0.322 e. The third-order valence-corrected chi connectivity index (χ3v) is 5.70. The van der Waals surface area contributed by atoms with Crippen molar-refractivity contribution in [3.8, 4) is 0 Å². The maximum absolute atomic E-state index is 13.8. The lowest BCUT2D eigenvalue weighted by Gasteiger charge is -2.27. The third kappa shape index (κ3) is 3.92. The number of aromatic nitrogens is 1. The summed E-state index contributed by atoms with van der Waals surface area (Å²) in [5, 5.41) is 8.63. The van der Waals surface area contributed by atoms with Crippen LogP contribution in [0.5, 0.6) is 0 Å². The van der Waals surface area contributed by atoms with Gasteiger partial charge in [-0.25, -0.2) is 13.8 Å². The van der Waals surface area contributed by atoms with Gasteiger partial charge in [0.15, 0.2) is 0 Å². The van der Waals surface area contributed by atoms with E-state index in [1.807, 2.05) is 5.38 Å². The predicted octanol–water partition coefficient (Wildman–Crippen LogP) is 4.36. The van der Waals surface area contributed by atoms with Crippen molar-refractivity contribution in [1.29, 1.82) is 0 Å². The molecule has 0 aliphatic carbocycles. The maximum Gasteiger partial charge on any atom is 0.261 e. The minimum absolute atomic E-state index is 0.202. The molecule has 2 N–H and O–H groups in total. The SMILES string of the molecule is O=CC1=C(c2ccc(NC(=O)c3c(F)cccc3F)cc2)C(c2nccs2)NCC1. The van der Waals surface area contributed by atoms with Gasteiger partial charge in [-0.2, -0.15) is 0 Å². The van der Waals surface area contributed by atoms with Gasteiger partial charge in [0.25, 0.3) is 5.91 Å². The lowest BCUT2D eigenvalue weighted by atomic mass is 9.89. The van der Waals surface area contributed by atoms with Gasteiger partial charge in [-0.15, -0.1) is 11.3 Å². The Kier molecular flexibility index (Phi) is 5.78. The van der Waals surface area contributed by atoms with Crippen molar-refractivity contribution in [2.45, 2.75) is 12.5 Å². The number of thiazole rings is 1. The van der Waals surface area contributed by atoms with Crippen LogP contribution in [0.15, 0.2) is 59.6 Å².